The van der Waals surface area contributed by atoms with Crippen molar-refractivity contribution in [2.45, 2.75) is 6.04 Å². The normalized spacial score (nSPS) is 11.8. The largest absolute Gasteiger partial charge is 0.497 e. The standard InChI is InChI=1S/C17H22N2O2/c1-19(13-7-5-4-6-8-13)16(12-18)15-10-9-14(20-2)11-17(15)21-3/h4-11,16H,12,18H2,1-3H3. The summed E-state index contributed by atoms with van der Waals surface area (Å²) < 4.78 is 10.7. The Morgan fingerprint density at radius 2 is 1.76 bits per heavy atom. The highest BCUT2D eigenvalue weighted by Crippen LogP contribution is 2.33. The van der Waals surface area contributed by atoms with E-state index in [1.54, 1.807) is 14.2 Å². The predicted molar refractivity (Wildman–Crippen MR) is 86.2 cm³/mol. The zero-order valence-corrected chi connectivity index (χ0v) is 12.7. The average Bonchev–Trinajstić information content (AvgIpc) is 2.56. The van der Waals surface area contributed by atoms with E-state index < -0.39 is 0 Å². The minimum atomic E-state index is 0.0354. The highest BCUT2D eigenvalue weighted by atomic mass is 16.5. The zero-order valence-electron chi connectivity index (χ0n) is 12.7. The van der Waals surface area contributed by atoms with E-state index in [2.05, 4.69) is 17.0 Å². The van der Waals surface area contributed by atoms with Crippen LogP contribution in [0.5, 0.6) is 11.5 Å². The number of hydrogen-bond donors (Lipinski definition) is 1. The van der Waals surface area contributed by atoms with Crippen LogP contribution in [0.1, 0.15) is 11.6 Å². The van der Waals surface area contributed by atoms with Gasteiger partial charge < -0.3 is 20.1 Å². The Morgan fingerprint density at radius 1 is 1.05 bits per heavy atom. The molecule has 4 nitrogen and oxygen atoms in total. The number of anilines is 1. The lowest BCUT2D eigenvalue weighted by Gasteiger charge is -2.30. The highest BCUT2D eigenvalue weighted by Gasteiger charge is 2.20. The monoisotopic (exact) mass is 286 g/mol. The van der Waals surface area contributed by atoms with Crippen molar-refractivity contribution >= 4 is 5.69 Å². The van der Waals surface area contributed by atoms with Gasteiger partial charge in [-0.1, -0.05) is 18.2 Å². The number of likely N-dealkylation sites (N-methyl/N-ethyl adjacent to an activating group) is 1. The second kappa shape index (κ2) is 6.99. The van der Waals surface area contributed by atoms with Crippen molar-refractivity contribution in [3.05, 3.63) is 54.1 Å². The Labute approximate surface area is 126 Å². The second-order valence-electron chi connectivity index (χ2n) is 4.81. The first-order valence-electron chi connectivity index (χ1n) is 6.91. The summed E-state index contributed by atoms with van der Waals surface area (Å²) in [4.78, 5) is 2.16. The van der Waals surface area contributed by atoms with Crippen LogP contribution in [-0.4, -0.2) is 27.8 Å². The summed E-state index contributed by atoms with van der Waals surface area (Å²) in [5.74, 6) is 1.56. The summed E-state index contributed by atoms with van der Waals surface area (Å²) in [6.07, 6.45) is 0. The molecule has 2 N–H and O–H groups in total. The molecule has 0 radical (unpaired) electrons. The number of hydrogen-bond acceptors (Lipinski definition) is 4. The number of nitrogens with zero attached hydrogens (tertiary/aromatic N) is 1. The van der Waals surface area contributed by atoms with Crippen LogP contribution in [0.4, 0.5) is 5.69 Å². The Bertz CT molecular complexity index is 572. The first-order valence-corrected chi connectivity index (χ1v) is 6.91. The molecule has 0 fully saturated rings. The molecule has 0 aromatic heterocycles. The van der Waals surface area contributed by atoms with Crippen molar-refractivity contribution in [3.8, 4) is 11.5 Å². The van der Waals surface area contributed by atoms with Crippen molar-refractivity contribution in [1.82, 2.24) is 0 Å². The van der Waals surface area contributed by atoms with Gasteiger partial charge in [0.15, 0.2) is 0 Å². The van der Waals surface area contributed by atoms with Gasteiger partial charge in [0.05, 0.1) is 20.3 Å². The van der Waals surface area contributed by atoms with E-state index in [0.717, 1.165) is 22.7 Å². The lowest BCUT2D eigenvalue weighted by molar-refractivity contribution is 0.388. The van der Waals surface area contributed by atoms with Crippen molar-refractivity contribution < 1.29 is 9.47 Å². The van der Waals surface area contributed by atoms with Gasteiger partial charge in [0.2, 0.25) is 0 Å². The smallest absolute Gasteiger partial charge is 0.127 e. The summed E-state index contributed by atoms with van der Waals surface area (Å²) in [6, 6.07) is 16.0. The van der Waals surface area contributed by atoms with Crippen LogP contribution in [0.15, 0.2) is 48.5 Å². The van der Waals surface area contributed by atoms with E-state index in [9.17, 15) is 0 Å². The Hall–Kier alpha value is -2.20. The fourth-order valence-electron chi connectivity index (χ4n) is 2.43. The molecule has 0 aliphatic carbocycles. The van der Waals surface area contributed by atoms with Crippen LogP contribution in [0, 0.1) is 0 Å². The molecule has 0 heterocycles. The summed E-state index contributed by atoms with van der Waals surface area (Å²) >= 11 is 0. The van der Waals surface area contributed by atoms with Crippen LogP contribution in [0.3, 0.4) is 0 Å². The summed E-state index contributed by atoms with van der Waals surface area (Å²) in [6.45, 7) is 0.494. The predicted octanol–water partition coefficient (Wildman–Crippen LogP) is 2.84. The third kappa shape index (κ3) is 3.28. The third-order valence-electron chi connectivity index (χ3n) is 3.65. The molecule has 2 aromatic rings. The zero-order chi connectivity index (χ0) is 15.2. The fraction of sp³-hybridized carbons (Fsp3) is 0.294. The maximum Gasteiger partial charge on any atom is 0.127 e. The number of nitrogens with two attached hydrogens (primary N) is 1. The summed E-state index contributed by atoms with van der Waals surface area (Å²) in [7, 11) is 5.34. The molecule has 0 aliphatic rings. The minimum Gasteiger partial charge on any atom is -0.497 e. The first-order chi connectivity index (χ1) is 10.2. The van der Waals surface area contributed by atoms with Gasteiger partial charge in [-0.3, -0.25) is 0 Å². The van der Waals surface area contributed by atoms with Crippen molar-refractivity contribution in [2.24, 2.45) is 5.73 Å². The average molecular weight is 286 g/mol. The number of methoxy groups -OCH3 is 2. The van der Waals surface area contributed by atoms with Gasteiger partial charge in [0, 0.05) is 30.9 Å². The van der Waals surface area contributed by atoms with Gasteiger partial charge in [-0.25, -0.2) is 0 Å². The second-order valence-corrected chi connectivity index (χ2v) is 4.81. The van der Waals surface area contributed by atoms with Gasteiger partial charge in [0.1, 0.15) is 11.5 Å². The number of rotatable bonds is 6. The number of ether oxygens (including phenoxy) is 2. The molecule has 1 unspecified atom stereocenters. The van der Waals surface area contributed by atoms with Gasteiger partial charge >= 0.3 is 0 Å². The van der Waals surface area contributed by atoms with Gasteiger partial charge in [-0.2, -0.15) is 0 Å². The molecule has 0 aliphatic heterocycles. The van der Waals surface area contributed by atoms with Crippen molar-refractivity contribution in [2.75, 3.05) is 32.7 Å². The molecule has 21 heavy (non-hydrogen) atoms. The molecule has 112 valence electrons. The molecule has 0 saturated heterocycles. The van der Waals surface area contributed by atoms with Gasteiger partial charge in [-0.15, -0.1) is 0 Å². The van der Waals surface area contributed by atoms with Crippen LogP contribution >= 0.6 is 0 Å². The number of benzene rings is 2. The molecule has 0 amide bonds. The lowest BCUT2D eigenvalue weighted by Crippen LogP contribution is -2.30. The van der Waals surface area contributed by atoms with Crippen molar-refractivity contribution in [1.29, 1.82) is 0 Å². The van der Waals surface area contributed by atoms with Crippen LogP contribution in [0.2, 0.25) is 0 Å². The summed E-state index contributed by atoms with van der Waals surface area (Å²) in [5.41, 5.74) is 8.17. The Balaban J connectivity index is 2.37. The van der Waals surface area contributed by atoms with E-state index in [1.807, 2.05) is 43.4 Å². The molecular formula is C17H22N2O2. The van der Waals surface area contributed by atoms with E-state index in [0.29, 0.717) is 6.54 Å². The molecule has 1 atom stereocenters. The molecular weight excluding hydrogens is 264 g/mol. The van der Waals surface area contributed by atoms with Crippen LogP contribution in [-0.2, 0) is 0 Å². The Kier molecular flexibility index (Phi) is 5.06. The lowest BCUT2D eigenvalue weighted by atomic mass is 10.0. The third-order valence-corrected chi connectivity index (χ3v) is 3.65. The van der Waals surface area contributed by atoms with E-state index in [1.165, 1.54) is 0 Å². The molecule has 0 saturated carbocycles. The molecule has 2 rings (SSSR count). The topological polar surface area (TPSA) is 47.7 Å². The number of para-hydroxylation sites is 1. The molecule has 0 bridgehead atoms. The maximum atomic E-state index is 6.01. The molecule has 2 aromatic carbocycles. The van der Waals surface area contributed by atoms with Crippen molar-refractivity contribution in [3.63, 3.8) is 0 Å². The Morgan fingerprint density at radius 3 is 2.33 bits per heavy atom. The molecule has 4 heteroatoms. The van der Waals surface area contributed by atoms with E-state index >= 15 is 0 Å². The quantitative estimate of drug-likeness (QED) is 0.887. The summed E-state index contributed by atoms with van der Waals surface area (Å²) in [5, 5.41) is 0. The van der Waals surface area contributed by atoms with Gasteiger partial charge in [0.25, 0.3) is 0 Å². The van der Waals surface area contributed by atoms with Crippen LogP contribution in [0.25, 0.3) is 0 Å². The molecule has 0 spiro atoms. The van der Waals surface area contributed by atoms with Crippen LogP contribution < -0.4 is 20.1 Å². The maximum absolute atomic E-state index is 6.01. The SMILES string of the molecule is COc1ccc(C(CN)N(C)c2ccccc2)c(OC)c1. The highest BCUT2D eigenvalue weighted by molar-refractivity contribution is 5.51. The fourth-order valence-corrected chi connectivity index (χ4v) is 2.43. The first kappa shape index (κ1) is 15.2. The van der Waals surface area contributed by atoms with E-state index in [-0.39, 0.29) is 6.04 Å². The van der Waals surface area contributed by atoms with Gasteiger partial charge in [-0.05, 0) is 24.3 Å². The minimum absolute atomic E-state index is 0.0354. The van der Waals surface area contributed by atoms with E-state index in [4.69, 9.17) is 15.2 Å².